The number of aromatic nitrogens is 2. The Morgan fingerprint density at radius 2 is 2.06 bits per heavy atom. The second kappa shape index (κ2) is 4.34. The van der Waals surface area contributed by atoms with Crippen molar-refractivity contribution in [2.24, 2.45) is 5.73 Å². The number of nitrogens with one attached hydrogen (secondary N) is 1. The number of hydrogen-bond donors (Lipinski definition) is 3. The van der Waals surface area contributed by atoms with Gasteiger partial charge >= 0.3 is 0 Å². The Morgan fingerprint density at radius 1 is 1.35 bits per heavy atom. The number of nitrogens with zero attached hydrogens (tertiary/aromatic N) is 2. The van der Waals surface area contributed by atoms with Crippen molar-refractivity contribution in [2.45, 2.75) is 0 Å². The first-order chi connectivity index (χ1) is 8.09. The fraction of sp³-hybridized carbons (Fsp3) is 0.111. The number of amides is 2. The first-order valence-electron chi connectivity index (χ1n) is 4.65. The Balaban J connectivity index is 2.32. The van der Waals surface area contributed by atoms with Gasteiger partial charge in [-0.2, -0.15) is 0 Å². The number of nitrogen functional groups attached to an aromatic ring is 1. The summed E-state index contributed by atoms with van der Waals surface area (Å²) >= 11 is 1.12. The van der Waals surface area contributed by atoms with Crippen molar-refractivity contribution in [1.82, 2.24) is 15.3 Å². The van der Waals surface area contributed by atoms with Crippen molar-refractivity contribution in [1.29, 1.82) is 0 Å². The third-order valence-electron chi connectivity index (χ3n) is 1.99. The van der Waals surface area contributed by atoms with Crippen LogP contribution in [-0.2, 0) is 4.79 Å². The number of rotatable bonds is 3. The molecule has 0 fully saturated rings. The smallest absolute Gasteiger partial charge is 0.264 e. The molecule has 2 heterocycles. The zero-order chi connectivity index (χ0) is 12.4. The molecule has 0 aliphatic carbocycles. The molecule has 7 nitrogen and oxygen atoms in total. The number of fused-ring (bicyclic) bond motifs is 1. The van der Waals surface area contributed by atoms with Crippen LogP contribution < -0.4 is 16.8 Å². The second-order valence-electron chi connectivity index (χ2n) is 3.20. The van der Waals surface area contributed by atoms with Crippen LogP contribution in [0.5, 0.6) is 0 Å². The SMILES string of the molecule is NC(=O)CNC(=O)c1sc2nccnc2c1N. The molecular weight excluding hydrogens is 242 g/mol. The minimum Gasteiger partial charge on any atom is -0.396 e. The van der Waals surface area contributed by atoms with E-state index in [1.807, 2.05) is 0 Å². The number of primary amides is 1. The number of carbonyl (C=O) groups is 2. The van der Waals surface area contributed by atoms with E-state index in [2.05, 4.69) is 15.3 Å². The largest absolute Gasteiger partial charge is 0.396 e. The van der Waals surface area contributed by atoms with E-state index in [0.717, 1.165) is 11.3 Å². The van der Waals surface area contributed by atoms with Crippen molar-refractivity contribution in [3.05, 3.63) is 17.3 Å². The second-order valence-corrected chi connectivity index (χ2v) is 4.20. The highest BCUT2D eigenvalue weighted by Crippen LogP contribution is 2.29. The lowest BCUT2D eigenvalue weighted by Gasteiger charge is -2.00. The fourth-order valence-electron chi connectivity index (χ4n) is 1.26. The van der Waals surface area contributed by atoms with E-state index >= 15 is 0 Å². The van der Waals surface area contributed by atoms with E-state index in [-0.39, 0.29) is 17.1 Å². The van der Waals surface area contributed by atoms with Gasteiger partial charge in [-0.25, -0.2) is 9.97 Å². The number of hydrogen-bond acceptors (Lipinski definition) is 6. The number of thiophene rings is 1. The minimum absolute atomic E-state index is 0.229. The van der Waals surface area contributed by atoms with Gasteiger partial charge < -0.3 is 16.8 Å². The molecule has 2 rings (SSSR count). The van der Waals surface area contributed by atoms with Crippen molar-refractivity contribution in [3.8, 4) is 0 Å². The molecule has 17 heavy (non-hydrogen) atoms. The lowest BCUT2D eigenvalue weighted by Crippen LogP contribution is -2.33. The summed E-state index contributed by atoms with van der Waals surface area (Å²) in [5.41, 5.74) is 11.5. The van der Waals surface area contributed by atoms with Gasteiger partial charge in [0.2, 0.25) is 5.91 Å². The van der Waals surface area contributed by atoms with Gasteiger partial charge in [-0.05, 0) is 0 Å². The molecule has 0 bridgehead atoms. The Bertz CT molecular complexity index is 594. The molecule has 8 heteroatoms. The van der Waals surface area contributed by atoms with E-state index in [9.17, 15) is 9.59 Å². The zero-order valence-corrected chi connectivity index (χ0v) is 9.45. The molecule has 0 aliphatic heterocycles. The summed E-state index contributed by atoms with van der Waals surface area (Å²) in [6.07, 6.45) is 3.01. The Labute approximate surface area is 99.8 Å². The molecule has 0 aliphatic rings. The monoisotopic (exact) mass is 251 g/mol. The molecule has 0 radical (unpaired) electrons. The molecule has 88 valence electrons. The molecule has 2 amide bonds. The first-order valence-corrected chi connectivity index (χ1v) is 5.46. The topological polar surface area (TPSA) is 124 Å². The predicted octanol–water partition coefficient (Wildman–Crippen LogP) is -0.511. The van der Waals surface area contributed by atoms with Crippen LogP contribution in [0.25, 0.3) is 10.3 Å². The van der Waals surface area contributed by atoms with Crippen LogP contribution in [0.1, 0.15) is 9.67 Å². The fourth-order valence-corrected chi connectivity index (χ4v) is 2.20. The van der Waals surface area contributed by atoms with E-state index in [1.54, 1.807) is 0 Å². The first kappa shape index (κ1) is 11.3. The molecule has 0 saturated carbocycles. The predicted molar refractivity (Wildman–Crippen MR) is 63.4 cm³/mol. The number of nitrogens with two attached hydrogens (primary N) is 2. The summed E-state index contributed by atoms with van der Waals surface area (Å²) in [6.45, 7) is -0.229. The molecule has 0 atom stereocenters. The van der Waals surface area contributed by atoms with Crippen LogP contribution in [0.2, 0.25) is 0 Å². The number of anilines is 1. The van der Waals surface area contributed by atoms with Crippen LogP contribution >= 0.6 is 11.3 Å². The summed E-state index contributed by atoms with van der Waals surface area (Å²) in [5, 5.41) is 2.36. The maximum absolute atomic E-state index is 11.7. The zero-order valence-electron chi connectivity index (χ0n) is 8.64. The average molecular weight is 251 g/mol. The van der Waals surface area contributed by atoms with Gasteiger partial charge in [0, 0.05) is 12.4 Å². The van der Waals surface area contributed by atoms with Crippen LogP contribution in [-0.4, -0.2) is 28.3 Å². The summed E-state index contributed by atoms with van der Waals surface area (Å²) < 4.78 is 0. The van der Waals surface area contributed by atoms with E-state index in [1.165, 1.54) is 12.4 Å². The molecular formula is C9H9N5O2S. The van der Waals surface area contributed by atoms with Crippen LogP contribution in [0.15, 0.2) is 12.4 Å². The molecule has 0 aromatic carbocycles. The Hall–Kier alpha value is -2.22. The molecule has 2 aromatic heterocycles. The van der Waals surface area contributed by atoms with Crippen LogP contribution in [0.4, 0.5) is 5.69 Å². The third-order valence-corrected chi connectivity index (χ3v) is 3.09. The van der Waals surface area contributed by atoms with Gasteiger partial charge in [0.25, 0.3) is 5.91 Å². The molecule has 0 spiro atoms. The van der Waals surface area contributed by atoms with Crippen molar-refractivity contribution in [3.63, 3.8) is 0 Å². The standard InChI is InChI=1S/C9H9N5O2S/c10-4(15)3-14-8(16)7-5(11)6-9(17-7)13-2-1-12-6/h1-2H,3,11H2,(H2,10,15)(H,14,16). The van der Waals surface area contributed by atoms with E-state index in [0.29, 0.717) is 10.3 Å². The minimum atomic E-state index is -0.616. The highest BCUT2D eigenvalue weighted by molar-refractivity contribution is 7.21. The van der Waals surface area contributed by atoms with Gasteiger partial charge in [-0.3, -0.25) is 9.59 Å². The van der Waals surface area contributed by atoms with Gasteiger partial charge in [-0.15, -0.1) is 11.3 Å². The maximum atomic E-state index is 11.7. The number of carbonyl (C=O) groups excluding carboxylic acids is 2. The highest BCUT2D eigenvalue weighted by atomic mass is 32.1. The summed E-state index contributed by atoms with van der Waals surface area (Å²) in [5.74, 6) is -1.07. The molecule has 0 unspecified atom stereocenters. The molecule has 5 N–H and O–H groups in total. The van der Waals surface area contributed by atoms with Gasteiger partial charge in [0.1, 0.15) is 15.2 Å². The lowest BCUT2D eigenvalue weighted by atomic mass is 10.3. The lowest BCUT2D eigenvalue weighted by molar-refractivity contribution is -0.117. The summed E-state index contributed by atoms with van der Waals surface area (Å²) in [7, 11) is 0. The molecule has 2 aromatic rings. The Kier molecular flexibility index (Phi) is 2.88. The van der Waals surface area contributed by atoms with Gasteiger partial charge in [0.05, 0.1) is 12.2 Å². The van der Waals surface area contributed by atoms with Crippen LogP contribution in [0, 0.1) is 0 Å². The normalized spacial score (nSPS) is 10.4. The van der Waals surface area contributed by atoms with Crippen molar-refractivity contribution < 1.29 is 9.59 Å². The van der Waals surface area contributed by atoms with Gasteiger partial charge in [0.15, 0.2) is 0 Å². The average Bonchev–Trinajstić information content (AvgIpc) is 2.64. The quantitative estimate of drug-likeness (QED) is 0.677. The summed E-state index contributed by atoms with van der Waals surface area (Å²) in [6, 6.07) is 0. The van der Waals surface area contributed by atoms with Crippen molar-refractivity contribution in [2.75, 3.05) is 12.3 Å². The van der Waals surface area contributed by atoms with Gasteiger partial charge in [-0.1, -0.05) is 0 Å². The van der Waals surface area contributed by atoms with Crippen molar-refractivity contribution >= 4 is 39.2 Å². The highest BCUT2D eigenvalue weighted by Gasteiger charge is 2.17. The van der Waals surface area contributed by atoms with E-state index in [4.69, 9.17) is 11.5 Å². The van der Waals surface area contributed by atoms with E-state index < -0.39 is 11.8 Å². The Morgan fingerprint density at radius 3 is 2.71 bits per heavy atom. The summed E-state index contributed by atoms with van der Waals surface area (Å²) in [4.78, 5) is 31.2. The molecule has 0 saturated heterocycles. The third kappa shape index (κ3) is 2.16. The van der Waals surface area contributed by atoms with Crippen LogP contribution in [0.3, 0.4) is 0 Å². The maximum Gasteiger partial charge on any atom is 0.264 e.